The molecule has 56 valence electrons. The first kappa shape index (κ1) is 7.32. The van der Waals surface area contributed by atoms with Crippen LogP contribution in [0.3, 0.4) is 0 Å². The van der Waals surface area contributed by atoms with Crippen molar-refractivity contribution in [2.24, 2.45) is 0 Å². The molecule has 0 bridgehead atoms. The van der Waals surface area contributed by atoms with Crippen LogP contribution in [0.15, 0.2) is 12.5 Å². The maximum atomic E-state index is 4.15. The number of aromatic nitrogens is 2. The first-order valence-electron chi connectivity index (χ1n) is 3.51. The first-order valence-corrected chi connectivity index (χ1v) is 3.51. The lowest BCUT2D eigenvalue weighted by atomic mass is 10.1. The summed E-state index contributed by atoms with van der Waals surface area (Å²) in [5, 5.41) is 0. The van der Waals surface area contributed by atoms with Crippen LogP contribution in [0.1, 0.15) is 26.5 Å². The molecule has 2 heteroatoms. The first-order chi connectivity index (χ1) is 4.50. The molecule has 0 aliphatic rings. The van der Waals surface area contributed by atoms with Crippen LogP contribution < -0.4 is 0 Å². The van der Waals surface area contributed by atoms with Crippen molar-refractivity contribution in [3.63, 3.8) is 0 Å². The number of hydrogen-bond donors (Lipinski definition) is 0. The van der Waals surface area contributed by atoms with Gasteiger partial charge in [0, 0.05) is 11.7 Å². The molecule has 0 amide bonds. The van der Waals surface area contributed by atoms with Gasteiger partial charge in [-0.05, 0) is 27.7 Å². The minimum Gasteiger partial charge on any atom is -0.332 e. The molecule has 1 aromatic heterocycles. The lowest BCUT2D eigenvalue weighted by Crippen LogP contribution is -2.19. The molecule has 10 heavy (non-hydrogen) atoms. The van der Waals surface area contributed by atoms with E-state index in [1.54, 1.807) is 0 Å². The van der Waals surface area contributed by atoms with Gasteiger partial charge in [0.2, 0.25) is 0 Å². The van der Waals surface area contributed by atoms with Crippen molar-refractivity contribution in [2.45, 2.75) is 33.2 Å². The molecule has 1 heterocycles. The van der Waals surface area contributed by atoms with Crippen LogP contribution in [0.4, 0.5) is 0 Å². The fraction of sp³-hybridized carbons (Fsp3) is 0.625. The highest BCUT2D eigenvalue weighted by Gasteiger charge is 2.11. The van der Waals surface area contributed by atoms with Gasteiger partial charge in [0.05, 0.1) is 12.0 Å². The highest BCUT2D eigenvalue weighted by molar-refractivity contribution is 4.95. The number of aryl methyl sites for hydroxylation is 1. The van der Waals surface area contributed by atoms with Crippen molar-refractivity contribution < 1.29 is 0 Å². The van der Waals surface area contributed by atoms with E-state index in [4.69, 9.17) is 0 Å². The van der Waals surface area contributed by atoms with Crippen LogP contribution >= 0.6 is 0 Å². The maximum Gasteiger partial charge on any atom is 0.0954 e. The van der Waals surface area contributed by atoms with E-state index in [1.165, 1.54) is 0 Å². The molecule has 1 aromatic rings. The number of rotatable bonds is 0. The topological polar surface area (TPSA) is 17.8 Å². The van der Waals surface area contributed by atoms with E-state index in [0.717, 1.165) is 5.69 Å². The van der Waals surface area contributed by atoms with E-state index in [0.29, 0.717) is 0 Å². The number of imidazole rings is 1. The summed E-state index contributed by atoms with van der Waals surface area (Å²) in [6.45, 7) is 8.48. The summed E-state index contributed by atoms with van der Waals surface area (Å²) < 4.78 is 2.11. The van der Waals surface area contributed by atoms with Gasteiger partial charge in [0.15, 0.2) is 0 Å². The van der Waals surface area contributed by atoms with Crippen molar-refractivity contribution in [3.05, 3.63) is 18.2 Å². The SMILES string of the molecule is Cc1cn(C(C)(C)C)cn1. The summed E-state index contributed by atoms with van der Waals surface area (Å²) in [5.74, 6) is 0. The lowest BCUT2D eigenvalue weighted by molar-refractivity contribution is 0.396. The Bertz CT molecular complexity index is 217. The largest absolute Gasteiger partial charge is 0.332 e. The molecule has 0 saturated heterocycles. The Morgan fingerprint density at radius 1 is 1.40 bits per heavy atom. The van der Waals surface area contributed by atoms with Crippen molar-refractivity contribution in [1.29, 1.82) is 0 Å². The van der Waals surface area contributed by atoms with Crippen molar-refractivity contribution >= 4 is 0 Å². The quantitative estimate of drug-likeness (QED) is 0.535. The zero-order valence-electron chi connectivity index (χ0n) is 7.05. The predicted octanol–water partition coefficient (Wildman–Crippen LogP) is 1.95. The Balaban J connectivity index is 2.96. The lowest BCUT2D eigenvalue weighted by Gasteiger charge is -2.19. The predicted molar refractivity (Wildman–Crippen MR) is 42.0 cm³/mol. The average molecular weight is 138 g/mol. The van der Waals surface area contributed by atoms with Gasteiger partial charge in [-0.2, -0.15) is 0 Å². The molecular weight excluding hydrogens is 124 g/mol. The molecule has 0 atom stereocenters. The smallest absolute Gasteiger partial charge is 0.0954 e. The molecule has 0 spiro atoms. The highest BCUT2D eigenvalue weighted by atomic mass is 15.1. The van der Waals surface area contributed by atoms with Gasteiger partial charge < -0.3 is 4.57 Å². The summed E-state index contributed by atoms with van der Waals surface area (Å²) in [5.41, 5.74) is 1.25. The van der Waals surface area contributed by atoms with Crippen molar-refractivity contribution in [3.8, 4) is 0 Å². The van der Waals surface area contributed by atoms with Crippen LogP contribution in [-0.4, -0.2) is 9.55 Å². The Morgan fingerprint density at radius 2 is 2.00 bits per heavy atom. The second-order valence-corrected chi connectivity index (χ2v) is 3.59. The van der Waals surface area contributed by atoms with E-state index >= 15 is 0 Å². The summed E-state index contributed by atoms with van der Waals surface area (Å²) in [6.07, 6.45) is 3.93. The van der Waals surface area contributed by atoms with Gasteiger partial charge in [-0.25, -0.2) is 4.98 Å². The van der Waals surface area contributed by atoms with E-state index in [-0.39, 0.29) is 5.54 Å². The second kappa shape index (κ2) is 2.11. The Morgan fingerprint density at radius 3 is 2.20 bits per heavy atom. The van der Waals surface area contributed by atoms with E-state index < -0.39 is 0 Å². The van der Waals surface area contributed by atoms with Crippen LogP contribution in [0.2, 0.25) is 0 Å². The van der Waals surface area contributed by atoms with E-state index in [1.807, 2.05) is 13.3 Å². The van der Waals surface area contributed by atoms with Gasteiger partial charge in [0.1, 0.15) is 0 Å². The molecule has 0 aromatic carbocycles. The van der Waals surface area contributed by atoms with Gasteiger partial charge >= 0.3 is 0 Å². The standard InChI is InChI=1S/C8H14N2/c1-7-5-10(6-9-7)8(2,3)4/h5-6H,1-4H3. The number of hydrogen-bond acceptors (Lipinski definition) is 1. The number of nitrogens with zero attached hydrogens (tertiary/aromatic N) is 2. The third kappa shape index (κ3) is 1.38. The van der Waals surface area contributed by atoms with Gasteiger partial charge in [-0.15, -0.1) is 0 Å². The molecule has 0 aliphatic heterocycles. The molecular formula is C8H14N2. The summed E-state index contributed by atoms with van der Waals surface area (Å²) >= 11 is 0. The van der Waals surface area contributed by atoms with Crippen LogP contribution in [-0.2, 0) is 5.54 Å². The zero-order valence-corrected chi connectivity index (χ0v) is 7.05. The normalized spacial score (nSPS) is 12.0. The zero-order chi connectivity index (χ0) is 7.78. The van der Waals surface area contributed by atoms with Crippen molar-refractivity contribution in [2.75, 3.05) is 0 Å². The van der Waals surface area contributed by atoms with Crippen LogP contribution in [0.25, 0.3) is 0 Å². The molecule has 0 unspecified atom stereocenters. The third-order valence-electron chi connectivity index (χ3n) is 1.49. The van der Waals surface area contributed by atoms with Gasteiger partial charge in [-0.1, -0.05) is 0 Å². The van der Waals surface area contributed by atoms with Crippen LogP contribution in [0, 0.1) is 6.92 Å². The Kier molecular flexibility index (Phi) is 1.55. The Labute approximate surface area is 61.9 Å². The molecule has 0 aliphatic carbocycles. The summed E-state index contributed by atoms with van der Waals surface area (Å²) in [4.78, 5) is 4.15. The highest BCUT2D eigenvalue weighted by Crippen LogP contribution is 2.12. The third-order valence-corrected chi connectivity index (χ3v) is 1.49. The van der Waals surface area contributed by atoms with Gasteiger partial charge in [-0.3, -0.25) is 0 Å². The molecule has 1 rings (SSSR count). The fourth-order valence-corrected chi connectivity index (χ4v) is 0.788. The monoisotopic (exact) mass is 138 g/mol. The van der Waals surface area contributed by atoms with E-state index in [9.17, 15) is 0 Å². The van der Waals surface area contributed by atoms with Gasteiger partial charge in [0.25, 0.3) is 0 Å². The maximum absolute atomic E-state index is 4.15. The minimum absolute atomic E-state index is 0.168. The molecule has 0 saturated carbocycles. The summed E-state index contributed by atoms with van der Waals surface area (Å²) in [7, 11) is 0. The molecule has 0 fully saturated rings. The second-order valence-electron chi connectivity index (χ2n) is 3.59. The summed E-state index contributed by atoms with van der Waals surface area (Å²) in [6, 6.07) is 0. The van der Waals surface area contributed by atoms with Crippen molar-refractivity contribution in [1.82, 2.24) is 9.55 Å². The molecule has 2 nitrogen and oxygen atoms in total. The van der Waals surface area contributed by atoms with Crippen LogP contribution in [0.5, 0.6) is 0 Å². The molecule has 0 N–H and O–H groups in total. The Hall–Kier alpha value is -0.790. The fourth-order valence-electron chi connectivity index (χ4n) is 0.788. The minimum atomic E-state index is 0.168. The molecule has 0 radical (unpaired) electrons. The average Bonchev–Trinajstić information content (AvgIpc) is 2.11. The van der Waals surface area contributed by atoms with E-state index in [2.05, 4.69) is 36.5 Å².